The Morgan fingerprint density at radius 2 is 2.12 bits per heavy atom. The van der Waals surface area contributed by atoms with Crippen molar-refractivity contribution < 1.29 is 13.2 Å². The third kappa shape index (κ3) is 1.77. The van der Waals surface area contributed by atoms with Crippen molar-refractivity contribution in [3.63, 3.8) is 0 Å². The highest BCUT2D eigenvalue weighted by Gasteiger charge is 2.35. The molecule has 0 saturated carbocycles. The second-order valence-corrected chi connectivity index (χ2v) is 3.67. The molecule has 2 aromatic heterocycles. The van der Waals surface area contributed by atoms with Crippen molar-refractivity contribution >= 4 is 17.5 Å². The van der Waals surface area contributed by atoms with Gasteiger partial charge in [-0.05, 0) is 6.26 Å². The van der Waals surface area contributed by atoms with Crippen LogP contribution in [0, 0.1) is 0 Å². The molecule has 0 aliphatic heterocycles. The van der Waals surface area contributed by atoms with Crippen molar-refractivity contribution in [3.8, 4) is 0 Å². The molecule has 86 valence electrons. The number of thioether (sulfide) groups is 1. The van der Waals surface area contributed by atoms with E-state index in [4.69, 9.17) is 0 Å². The van der Waals surface area contributed by atoms with Crippen LogP contribution in [0.2, 0.25) is 0 Å². The fraction of sp³-hybridized carbons (Fsp3) is 0.286. The van der Waals surface area contributed by atoms with Crippen molar-refractivity contribution in [2.24, 2.45) is 0 Å². The van der Waals surface area contributed by atoms with E-state index >= 15 is 0 Å². The van der Waals surface area contributed by atoms with Gasteiger partial charge in [0.1, 0.15) is 5.03 Å². The third-order valence-electron chi connectivity index (χ3n) is 1.78. The number of hydrogen-bond acceptors (Lipinski definition) is 4. The summed E-state index contributed by atoms with van der Waals surface area (Å²) in [5.41, 5.74) is -0.627. The lowest BCUT2D eigenvalue weighted by molar-refractivity contribution is -0.144. The molecular weight excluding hydrogens is 245 g/mol. The van der Waals surface area contributed by atoms with Gasteiger partial charge in [-0.15, -0.1) is 11.8 Å². The SMILES string of the molecule is CSc1cc(=O)n2[nH]c(C(F)(F)F)nc2n1. The van der Waals surface area contributed by atoms with Crippen LogP contribution in [0.1, 0.15) is 5.82 Å². The van der Waals surface area contributed by atoms with Crippen LogP contribution >= 0.6 is 11.8 Å². The molecule has 0 fully saturated rings. The first kappa shape index (κ1) is 11.0. The largest absolute Gasteiger partial charge is 0.451 e. The van der Waals surface area contributed by atoms with Crippen LogP contribution in [0.4, 0.5) is 13.2 Å². The van der Waals surface area contributed by atoms with E-state index in [0.717, 1.165) is 17.8 Å². The van der Waals surface area contributed by atoms with E-state index in [1.165, 1.54) is 0 Å². The Hall–Kier alpha value is -1.51. The Bertz CT molecular complexity index is 587. The zero-order valence-electron chi connectivity index (χ0n) is 7.87. The molecule has 0 amide bonds. The van der Waals surface area contributed by atoms with Crippen LogP contribution in [0.25, 0.3) is 5.78 Å². The fourth-order valence-corrected chi connectivity index (χ4v) is 1.48. The maximum absolute atomic E-state index is 12.3. The minimum atomic E-state index is -4.63. The molecule has 0 radical (unpaired) electrons. The van der Waals surface area contributed by atoms with Crippen molar-refractivity contribution in [3.05, 3.63) is 22.2 Å². The molecule has 0 bridgehead atoms. The molecule has 16 heavy (non-hydrogen) atoms. The van der Waals surface area contributed by atoms with Crippen LogP contribution < -0.4 is 5.56 Å². The van der Waals surface area contributed by atoms with Crippen molar-refractivity contribution in [1.29, 1.82) is 0 Å². The monoisotopic (exact) mass is 250 g/mol. The fourth-order valence-electron chi connectivity index (χ4n) is 1.09. The molecule has 0 atom stereocenters. The quantitative estimate of drug-likeness (QED) is 0.609. The summed E-state index contributed by atoms with van der Waals surface area (Å²) in [6.07, 6.45) is -2.96. The van der Waals surface area contributed by atoms with Crippen LogP contribution in [0.15, 0.2) is 15.9 Å². The topological polar surface area (TPSA) is 63.0 Å². The number of alkyl halides is 3. The molecule has 1 N–H and O–H groups in total. The van der Waals surface area contributed by atoms with Crippen LogP contribution in [-0.4, -0.2) is 25.8 Å². The molecule has 2 aromatic rings. The number of nitrogens with zero attached hydrogens (tertiary/aromatic N) is 3. The lowest BCUT2D eigenvalue weighted by atomic mass is 10.6. The minimum Gasteiger partial charge on any atom is -0.267 e. The number of aromatic nitrogens is 4. The summed E-state index contributed by atoms with van der Waals surface area (Å²) in [7, 11) is 0. The average molecular weight is 250 g/mol. The van der Waals surface area contributed by atoms with Crippen LogP contribution in [0.5, 0.6) is 0 Å². The maximum Gasteiger partial charge on any atom is 0.451 e. The Labute approximate surface area is 90.7 Å². The summed E-state index contributed by atoms with van der Waals surface area (Å²) in [5.74, 6) is -1.53. The van der Waals surface area contributed by atoms with Gasteiger partial charge < -0.3 is 0 Å². The number of fused-ring (bicyclic) bond motifs is 1. The number of H-pyrrole nitrogens is 1. The summed E-state index contributed by atoms with van der Waals surface area (Å²) >= 11 is 1.15. The summed E-state index contributed by atoms with van der Waals surface area (Å²) < 4.78 is 37.5. The lowest BCUT2D eigenvalue weighted by Gasteiger charge is -1.98. The average Bonchev–Trinajstić information content (AvgIpc) is 2.61. The normalized spacial score (nSPS) is 12.2. The zero-order valence-corrected chi connectivity index (χ0v) is 8.69. The Balaban J connectivity index is 2.71. The van der Waals surface area contributed by atoms with Gasteiger partial charge in [-0.3, -0.25) is 9.89 Å². The Kier molecular flexibility index (Phi) is 2.41. The van der Waals surface area contributed by atoms with E-state index in [9.17, 15) is 18.0 Å². The van der Waals surface area contributed by atoms with Crippen molar-refractivity contribution in [2.75, 3.05) is 6.26 Å². The third-order valence-corrected chi connectivity index (χ3v) is 2.41. The summed E-state index contributed by atoms with van der Waals surface area (Å²) in [4.78, 5) is 18.4. The van der Waals surface area contributed by atoms with Gasteiger partial charge in [-0.1, -0.05) is 0 Å². The Morgan fingerprint density at radius 1 is 1.44 bits per heavy atom. The van der Waals surface area contributed by atoms with Crippen LogP contribution in [-0.2, 0) is 6.18 Å². The van der Waals surface area contributed by atoms with Gasteiger partial charge in [0.25, 0.3) is 11.3 Å². The molecular formula is C7H5F3N4OS. The van der Waals surface area contributed by atoms with Gasteiger partial charge in [0.05, 0.1) is 0 Å². The van der Waals surface area contributed by atoms with E-state index < -0.39 is 17.6 Å². The Morgan fingerprint density at radius 3 is 2.69 bits per heavy atom. The molecule has 0 unspecified atom stereocenters. The molecule has 0 aliphatic rings. The second kappa shape index (κ2) is 3.51. The first-order valence-corrected chi connectivity index (χ1v) is 5.25. The van der Waals surface area contributed by atoms with Gasteiger partial charge >= 0.3 is 6.18 Å². The second-order valence-electron chi connectivity index (χ2n) is 2.84. The molecule has 5 nitrogen and oxygen atoms in total. The number of hydrogen-bond donors (Lipinski definition) is 1. The number of rotatable bonds is 1. The summed E-state index contributed by atoms with van der Waals surface area (Å²) in [5, 5.41) is 2.18. The maximum atomic E-state index is 12.3. The van der Waals surface area contributed by atoms with Gasteiger partial charge in [-0.2, -0.15) is 22.7 Å². The molecule has 0 saturated heterocycles. The number of nitrogens with one attached hydrogen (secondary N) is 1. The van der Waals surface area contributed by atoms with E-state index in [1.54, 1.807) is 6.26 Å². The van der Waals surface area contributed by atoms with Gasteiger partial charge in [0, 0.05) is 6.07 Å². The summed E-state index contributed by atoms with van der Waals surface area (Å²) in [6, 6.07) is 1.13. The van der Waals surface area contributed by atoms with E-state index in [2.05, 4.69) is 9.97 Å². The predicted octanol–water partition coefficient (Wildman–Crippen LogP) is 1.16. The highest BCUT2D eigenvalue weighted by Crippen LogP contribution is 2.26. The highest BCUT2D eigenvalue weighted by molar-refractivity contribution is 7.98. The minimum absolute atomic E-state index is 0.288. The molecule has 9 heteroatoms. The predicted molar refractivity (Wildman–Crippen MR) is 50.4 cm³/mol. The lowest BCUT2D eigenvalue weighted by Crippen LogP contribution is -2.15. The van der Waals surface area contributed by atoms with E-state index in [0.29, 0.717) is 9.54 Å². The van der Waals surface area contributed by atoms with Crippen molar-refractivity contribution in [2.45, 2.75) is 11.2 Å². The first-order valence-electron chi connectivity index (χ1n) is 4.03. The smallest absolute Gasteiger partial charge is 0.267 e. The molecule has 0 aliphatic carbocycles. The molecule has 2 rings (SSSR count). The molecule has 0 aromatic carbocycles. The zero-order chi connectivity index (χ0) is 11.9. The van der Waals surface area contributed by atoms with Crippen molar-refractivity contribution in [1.82, 2.24) is 19.6 Å². The van der Waals surface area contributed by atoms with Gasteiger partial charge in [0.15, 0.2) is 0 Å². The number of aromatic amines is 1. The summed E-state index contributed by atoms with van der Waals surface area (Å²) in [6.45, 7) is 0. The van der Waals surface area contributed by atoms with Gasteiger partial charge in [0.2, 0.25) is 5.82 Å². The molecule has 0 spiro atoms. The highest BCUT2D eigenvalue weighted by atomic mass is 32.2. The van der Waals surface area contributed by atoms with Crippen LogP contribution in [0.3, 0.4) is 0 Å². The molecule has 2 heterocycles. The standard InChI is InChI=1S/C7H5F3N4OS/c1-16-3-2-4(15)14-6(11-3)12-5(13-14)7(8,9)10/h2H,1H3,(H,11,12,13). The van der Waals surface area contributed by atoms with E-state index in [-0.39, 0.29) is 5.78 Å². The number of halogens is 3. The van der Waals surface area contributed by atoms with E-state index in [1.807, 2.05) is 5.10 Å². The van der Waals surface area contributed by atoms with Gasteiger partial charge in [-0.25, -0.2) is 4.98 Å². The first-order chi connectivity index (χ1) is 7.41.